The Bertz CT molecular complexity index is 1090. The first kappa shape index (κ1) is 24.9. The summed E-state index contributed by atoms with van der Waals surface area (Å²) in [6, 6.07) is 13.5. The lowest BCUT2D eigenvalue weighted by Gasteiger charge is -2.51. The zero-order chi connectivity index (χ0) is 25.3. The molecule has 1 aliphatic heterocycles. The molecule has 2 saturated carbocycles. The van der Waals surface area contributed by atoms with Gasteiger partial charge in [0.05, 0.1) is 24.2 Å². The summed E-state index contributed by atoms with van der Waals surface area (Å²) in [6.07, 6.45) is 8.69. The van der Waals surface area contributed by atoms with Crippen LogP contribution in [0.3, 0.4) is 0 Å². The van der Waals surface area contributed by atoms with Crippen LogP contribution < -0.4 is 0 Å². The normalized spacial score (nSPS) is 26.6. The number of halogens is 1. The van der Waals surface area contributed by atoms with Crippen molar-refractivity contribution in [3.8, 4) is 0 Å². The minimum Gasteiger partial charge on any atom is -0.317 e. The fourth-order valence-electron chi connectivity index (χ4n) is 6.51. The molecule has 1 spiro atoms. The largest absolute Gasteiger partial charge is 0.321 e. The molecule has 0 unspecified atom stereocenters. The standard InChI is InChI=1S/C29H37FN4O2/c1-32(2)29(23-10-4-3-5-11-23)15-13-28(14-16-29)21-33(27(36)34(28)19-22-8-6-9-22)20-24(35)18-26-25(30)12-7-17-31-26/h3-5,7,10-12,17,22H,6,8-9,13-16,18-21H2,1-2H3. The fourth-order valence-corrected chi connectivity index (χ4v) is 6.51. The molecule has 0 bridgehead atoms. The average molecular weight is 493 g/mol. The first-order chi connectivity index (χ1) is 17.3. The van der Waals surface area contributed by atoms with Crippen LogP contribution in [0.5, 0.6) is 0 Å². The lowest BCUT2D eigenvalue weighted by atomic mass is 9.68. The predicted octanol–water partition coefficient (Wildman–Crippen LogP) is 4.64. The highest BCUT2D eigenvalue weighted by Crippen LogP contribution is 2.49. The van der Waals surface area contributed by atoms with E-state index in [1.807, 2.05) is 0 Å². The Hall–Kier alpha value is -2.80. The van der Waals surface area contributed by atoms with Gasteiger partial charge < -0.3 is 9.80 Å². The summed E-state index contributed by atoms with van der Waals surface area (Å²) in [5, 5.41) is 0. The number of amides is 2. The smallest absolute Gasteiger partial charge is 0.317 e. The Labute approximate surface area is 213 Å². The van der Waals surface area contributed by atoms with E-state index in [2.05, 4.69) is 59.2 Å². The van der Waals surface area contributed by atoms with Gasteiger partial charge in [0.15, 0.2) is 5.78 Å². The highest BCUT2D eigenvalue weighted by molar-refractivity contribution is 5.88. The highest BCUT2D eigenvalue weighted by Gasteiger charge is 2.55. The SMILES string of the molecule is CN(C)C1(c2ccccc2)CCC2(CC1)CN(CC(=O)Cc1ncccc1F)C(=O)N2CC1CCC1. The van der Waals surface area contributed by atoms with Crippen LogP contribution in [0.4, 0.5) is 9.18 Å². The second kappa shape index (κ2) is 9.92. The third-order valence-electron chi connectivity index (χ3n) is 8.97. The summed E-state index contributed by atoms with van der Waals surface area (Å²) < 4.78 is 14.0. The van der Waals surface area contributed by atoms with Crippen LogP contribution in [-0.2, 0) is 16.8 Å². The lowest BCUT2D eigenvalue weighted by molar-refractivity contribution is -0.119. The number of ketones is 1. The van der Waals surface area contributed by atoms with Gasteiger partial charge in [0.2, 0.25) is 0 Å². The summed E-state index contributed by atoms with van der Waals surface area (Å²) in [4.78, 5) is 36.7. The number of carbonyl (C=O) groups is 2. The molecular weight excluding hydrogens is 455 g/mol. The number of benzene rings is 1. The van der Waals surface area contributed by atoms with E-state index in [-0.39, 0.29) is 41.6 Å². The number of hydrogen-bond donors (Lipinski definition) is 0. The summed E-state index contributed by atoms with van der Waals surface area (Å²) in [6.45, 7) is 1.35. The molecule has 5 rings (SSSR count). The molecule has 1 saturated heterocycles. The van der Waals surface area contributed by atoms with Gasteiger partial charge in [-0.2, -0.15) is 0 Å². The zero-order valence-electron chi connectivity index (χ0n) is 21.5. The topological polar surface area (TPSA) is 56.8 Å². The van der Waals surface area contributed by atoms with Crippen molar-refractivity contribution >= 4 is 11.8 Å². The van der Waals surface area contributed by atoms with Gasteiger partial charge in [0.1, 0.15) is 5.82 Å². The van der Waals surface area contributed by atoms with Crippen LogP contribution in [0, 0.1) is 11.7 Å². The molecule has 2 heterocycles. The summed E-state index contributed by atoms with van der Waals surface area (Å²) in [7, 11) is 4.30. The van der Waals surface area contributed by atoms with Crippen molar-refractivity contribution in [1.82, 2.24) is 19.7 Å². The Morgan fingerprint density at radius 1 is 1.08 bits per heavy atom. The molecule has 7 heteroatoms. The third-order valence-corrected chi connectivity index (χ3v) is 8.97. The van der Waals surface area contributed by atoms with E-state index in [0.29, 0.717) is 12.5 Å². The van der Waals surface area contributed by atoms with E-state index >= 15 is 0 Å². The number of carbonyl (C=O) groups excluding carboxylic acids is 2. The van der Waals surface area contributed by atoms with E-state index in [9.17, 15) is 14.0 Å². The van der Waals surface area contributed by atoms with Crippen LogP contribution in [0.15, 0.2) is 48.7 Å². The number of hydrogen-bond acceptors (Lipinski definition) is 4. The second-order valence-electron chi connectivity index (χ2n) is 11.2. The maximum Gasteiger partial charge on any atom is 0.321 e. The molecule has 36 heavy (non-hydrogen) atoms. The van der Waals surface area contributed by atoms with Gasteiger partial charge in [-0.15, -0.1) is 0 Å². The molecule has 0 atom stereocenters. The minimum atomic E-state index is -0.477. The number of aromatic nitrogens is 1. The van der Waals surface area contributed by atoms with E-state index in [4.69, 9.17) is 0 Å². The Kier molecular flexibility index (Phi) is 6.86. The molecule has 1 aromatic heterocycles. The maximum atomic E-state index is 14.0. The molecular formula is C29H37FN4O2. The highest BCUT2D eigenvalue weighted by atomic mass is 19.1. The van der Waals surface area contributed by atoms with Crippen LogP contribution in [0.1, 0.15) is 56.2 Å². The summed E-state index contributed by atoms with van der Waals surface area (Å²) in [5.41, 5.74) is 1.16. The average Bonchev–Trinajstić information content (AvgIpc) is 3.08. The second-order valence-corrected chi connectivity index (χ2v) is 11.2. The number of pyridine rings is 1. The molecule has 2 aromatic rings. The Balaban J connectivity index is 1.35. The van der Waals surface area contributed by atoms with Crippen molar-refractivity contribution < 1.29 is 14.0 Å². The van der Waals surface area contributed by atoms with Crippen LogP contribution in [0.2, 0.25) is 0 Å². The molecule has 3 aliphatic rings. The van der Waals surface area contributed by atoms with Gasteiger partial charge in [-0.3, -0.25) is 14.7 Å². The predicted molar refractivity (Wildman–Crippen MR) is 137 cm³/mol. The van der Waals surface area contributed by atoms with Crippen molar-refractivity contribution in [1.29, 1.82) is 0 Å². The summed E-state index contributed by atoms with van der Waals surface area (Å²) >= 11 is 0. The van der Waals surface area contributed by atoms with Gasteiger partial charge in [-0.1, -0.05) is 36.8 Å². The van der Waals surface area contributed by atoms with Gasteiger partial charge in [-0.25, -0.2) is 9.18 Å². The van der Waals surface area contributed by atoms with Crippen LogP contribution in [-0.4, -0.2) is 70.8 Å². The number of rotatable bonds is 8. The molecule has 0 radical (unpaired) electrons. The minimum absolute atomic E-state index is 0.00920. The van der Waals surface area contributed by atoms with Crippen molar-refractivity contribution in [2.24, 2.45) is 5.92 Å². The summed E-state index contributed by atoms with van der Waals surface area (Å²) in [5.74, 6) is -0.0991. The fraction of sp³-hybridized carbons (Fsp3) is 0.552. The van der Waals surface area contributed by atoms with Crippen molar-refractivity contribution in [3.05, 3.63) is 65.7 Å². The van der Waals surface area contributed by atoms with E-state index in [1.165, 1.54) is 43.2 Å². The molecule has 6 nitrogen and oxygen atoms in total. The number of nitrogens with zero attached hydrogens (tertiary/aromatic N) is 4. The van der Waals surface area contributed by atoms with Crippen molar-refractivity contribution in [2.45, 2.75) is 62.4 Å². The van der Waals surface area contributed by atoms with E-state index in [1.54, 1.807) is 4.90 Å². The molecule has 0 N–H and O–H groups in total. The van der Waals surface area contributed by atoms with Crippen molar-refractivity contribution in [3.63, 3.8) is 0 Å². The quantitative estimate of drug-likeness (QED) is 0.539. The first-order valence-corrected chi connectivity index (χ1v) is 13.2. The molecule has 2 amide bonds. The van der Waals surface area contributed by atoms with Gasteiger partial charge >= 0.3 is 6.03 Å². The molecule has 3 fully saturated rings. The number of urea groups is 1. The van der Waals surface area contributed by atoms with Gasteiger partial charge in [-0.05, 0) is 76.2 Å². The monoisotopic (exact) mass is 492 g/mol. The Morgan fingerprint density at radius 3 is 2.42 bits per heavy atom. The van der Waals surface area contributed by atoms with Crippen LogP contribution >= 0.6 is 0 Å². The van der Waals surface area contributed by atoms with Gasteiger partial charge in [0.25, 0.3) is 0 Å². The first-order valence-electron chi connectivity index (χ1n) is 13.2. The molecule has 1 aromatic carbocycles. The lowest BCUT2D eigenvalue weighted by Crippen LogP contribution is -2.56. The maximum absolute atomic E-state index is 14.0. The van der Waals surface area contributed by atoms with E-state index in [0.717, 1.165) is 32.2 Å². The molecule has 2 aliphatic carbocycles. The Morgan fingerprint density at radius 2 is 1.81 bits per heavy atom. The van der Waals surface area contributed by atoms with E-state index < -0.39 is 5.82 Å². The molecule has 192 valence electrons. The van der Waals surface area contributed by atoms with Crippen LogP contribution in [0.25, 0.3) is 0 Å². The van der Waals surface area contributed by atoms with Gasteiger partial charge in [0, 0.05) is 24.8 Å². The zero-order valence-corrected chi connectivity index (χ0v) is 21.5. The number of Topliss-reactive ketones (excluding diaryl/α,β-unsaturated/α-hetero) is 1. The third kappa shape index (κ3) is 4.54. The van der Waals surface area contributed by atoms with Crippen molar-refractivity contribution in [2.75, 3.05) is 33.7 Å².